The van der Waals surface area contributed by atoms with Crippen LogP contribution in [0.1, 0.15) is 11.8 Å². The molecule has 0 aliphatic carbocycles. The largest absolute Gasteiger partial charge is 0.339 e. The van der Waals surface area contributed by atoms with Gasteiger partial charge in [-0.3, -0.25) is 4.98 Å². The first kappa shape index (κ1) is 15.0. The van der Waals surface area contributed by atoms with Crippen molar-refractivity contribution in [1.82, 2.24) is 19.4 Å². The van der Waals surface area contributed by atoms with E-state index >= 15 is 0 Å². The second-order valence-electron chi connectivity index (χ2n) is 5.53. The number of aromatic nitrogens is 3. The Hall–Kier alpha value is -2.58. The number of nitrogens with zero attached hydrogens (tertiary/aromatic N) is 4. The summed E-state index contributed by atoms with van der Waals surface area (Å²) in [6.45, 7) is 0.654. The Morgan fingerprint density at radius 1 is 1.08 bits per heavy atom. The quantitative estimate of drug-likeness (QED) is 0.720. The van der Waals surface area contributed by atoms with Crippen LogP contribution < -0.4 is 0 Å². The summed E-state index contributed by atoms with van der Waals surface area (Å²) in [6.07, 6.45) is 2.89. The summed E-state index contributed by atoms with van der Waals surface area (Å²) in [4.78, 5) is 8.43. The Bertz CT molecular complexity index is 936. The first-order chi connectivity index (χ1) is 11.6. The molecule has 7 nitrogen and oxygen atoms in total. The van der Waals surface area contributed by atoms with Crippen LogP contribution in [0.4, 0.5) is 0 Å². The van der Waals surface area contributed by atoms with Crippen molar-refractivity contribution in [1.29, 1.82) is 0 Å². The van der Waals surface area contributed by atoms with Crippen molar-refractivity contribution in [3.05, 3.63) is 60.7 Å². The van der Waals surface area contributed by atoms with Crippen LogP contribution in [0.3, 0.4) is 0 Å². The second kappa shape index (κ2) is 5.81. The normalized spacial score (nSPS) is 16.0. The van der Waals surface area contributed by atoms with Gasteiger partial charge >= 0.3 is 0 Å². The molecule has 4 rings (SSSR count). The highest BCUT2D eigenvalue weighted by atomic mass is 32.2. The Morgan fingerprint density at radius 2 is 1.88 bits per heavy atom. The van der Waals surface area contributed by atoms with Gasteiger partial charge in [0, 0.05) is 31.0 Å². The zero-order chi connectivity index (χ0) is 16.6. The Kier molecular flexibility index (Phi) is 3.62. The van der Waals surface area contributed by atoms with E-state index in [2.05, 4.69) is 15.1 Å². The lowest BCUT2D eigenvalue weighted by Crippen LogP contribution is -2.48. The number of sulfonamides is 1. The molecule has 3 aromatic rings. The Labute approximate surface area is 139 Å². The number of benzene rings is 1. The van der Waals surface area contributed by atoms with Gasteiger partial charge in [0.2, 0.25) is 21.7 Å². The SMILES string of the molecule is O=S(=O)(c1cccnc1)N1CC(c2nc(-c3ccccc3)no2)C1. The molecule has 1 aliphatic rings. The summed E-state index contributed by atoms with van der Waals surface area (Å²) in [5, 5.41) is 3.97. The van der Waals surface area contributed by atoms with E-state index in [1.807, 2.05) is 30.3 Å². The molecule has 1 aromatic carbocycles. The number of rotatable bonds is 4. The fourth-order valence-electron chi connectivity index (χ4n) is 2.54. The van der Waals surface area contributed by atoms with Crippen molar-refractivity contribution in [2.75, 3.05) is 13.1 Å². The summed E-state index contributed by atoms with van der Waals surface area (Å²) < 4.78 is 31.6. The molecule has 0 unspecified atom stereocenters. The molecule has 0 bridgehead atoms. The van der Waals surface area contributed by atoms with E-state index in [0.717, 1.165) is 5.56 Å². The topological polar surface area (TPSA) is 89.2 Å². The minimum atomic E-state index is -3.51. The fourth-order valence-corrected chi connectivity index (χ4v) is 4.04. The van der Waals surface area contributed by atoms with Crippen LogP contribution in [0.5, 0.6) is 0 Å². The number of hydrogen-bond acceptors (Lipinski definition) is 6. The van der Waals surface area contributed by atoms with Gasteiger partial charge in [-0.05, 0) is 12.1 Å². The van der Waals surface area contributed by atoms with Gasteiger partial charge in [-0.15, -0.1) is 0 Å². The molecule has 0 radical (unpaired) electrons. The highest BCUT2D eigenvalue weighted by molar-refractivity contribution is 7.89. The van der Waals surface area contributed by atoms with Crippen LogP contribution in [0.2, 0.25) is 0 Å². The third kappa shape index (κ3) is 2.59. The molecular weight excluding hydrogens is 328 g/mol. The molecule has 1 aliphatic heterocycles. The first-order valence-corrected chi connectivity index (χ1v) is 8.88. The van der Waals surface area contributed by atoms with Crippen molar-refractivity contribution in [2.45, 2.75) is 10.8 Å². The molecule has 1 fully saturated rings. The maximum absolute atomic E-state index is 12.4. The zero-order valence-corrected chi connectivity index (χ0v) is 13.4. The molecule has 0 amide bonds. The van der Waals surface area contributed by atoms with E-state index in [1.54, 1.807) is 12.3 Å². The van der Waals surface area contributed by atoms with E-state index in [9.17, 15) is 8.42 Å². The molecule has 2 aromatic heterocycles. The lowest BCUT2D eigenvalue weighted by atomic mass is 10.0. The maximum Gasteiger partial charge on any atom is 0.244 e. The van der Waals surface area contributed by atoms with E-state index in [1.165, 1.54) is 16.6 Å². The lowest BCUT2D eigenvalue weighted by molar-refractivity contribution is 0.217. The van der Waals surface area contributed by atoms with Crippen LogP contribution in [-0.2, 0) is 10.0 Å². The minimum absolute atomic E-state index is 0.0820. The van der Waals surface area contributed by atoms with E-state index in [4.69, 9.17) is 4.52 Å². The lowest BCUT2D eigenvalue weighted by Gasteiger charge is -2.35. The number of hydrogen-bond donors (Lipinski definition) is 0. The van der Waals surface area contributed by atoms with Crippen molar-refractivity contribution in [3.8, 4) is 11.4 Å². The van der Waals surface area contributed by atoms with Crippen LogP contribution in [0.25, 0.3) is 11.4 Å². The average molecular weight is 342 g/mol. The van der Waals surface area contributed by atoms with Gasteiger partial charge in [0.25, 0.3) is 0 Å². The molecular formula is C16H14N4O3S. The van der Waals surface area contributed by atoms with Crippen LogP contribution in [-0.4, -0.2) is 40.9 Å². The molecule has 3 heterocycles. The molecule has 8 heteroatoms. The highest BCUT2D eigenvalue weighted by Crippen LogP contribution is 2.31. The predicted octanol–water partition coefficient (Wildman–Crippen LogP) is 1.92. The molecule has 0 atom stereocenters. The summed E-state index contributed by atoms with van der Waals surface area (Å²) in [7, 11) is -3.51. The first-order valence-electron chi connectivity index (χ1n) is 7.44. The second-order valence-corrected chi connectivity index (χ2v) is 7.47. The Balaban J connectivity index is 1.48. The molecule has 24 heavy (non-hydrogen) atoms. The number of pyridine rings is 1. The molecule has 0 N–H and O–H groups in total. The van der Waals surface area contributed by atoms with Gasteiger partial charge in [0.05, 0.1) is 5.92 Å². The monoisotopic (exact) mass is 342 g/mol. The van der Waals surface area contributed by atoms with Gasteiger partial charge in [0.15, 0.2) is 0 Å². The van der Waals surface area contributed by atoms with Crippen molar-refractivity contribution < 1.29 is 12.9 Å². The summed E-state index contributed by atoms with van der Waals surface area (Å²) in [5.41, 5.74) is 0.867. The maximum atomic E-state index is 12.4. The molecule has 1 saturated heterocycles. The minimum Gasteiger partial charge on any atom is -0.339 e. The van der Waals surface area contributed by atoms with Gasteiger partial charge in [-0.2, -0.15) is 9.29 Å². The summed E-state index contributed by atoms with van der Waals surface area (Å²) in [6, 6.07) is 12.7. The van der Waals surface area contributed by atoms with E-state index in [0.29, 0.717) is 24.8 Å². The van der Waals surface area contributed by atoms with Gasteiger partial charge in [0.1, 0.15) is 4.90 Å². The van der Waals surface area contributed by atoms with Crippen LogP contribution >= 0.6 is 0 Å². The van der Waals surface area contributed by atoms with E-state index < -0.39 is 10.0 Å². The zero-order valence-electron chi connectivity index (χ0n) is 12.6. The fraction of sp³-hybridized carbons (Fsp3) is 0.188. The van der Waals surface area contributed by atoms with Crippen molar-refractivity contribution in [2.24, 2.45) is 0 Å². The van der Waals surface area contributed by atoms with E-state index in [-0.39, 0.29) is 10.8 Å². The van der Waals surface area contributed by atoms with Crippen molar-refractivity contribution >= 4 is 10.0 Å². The van der Waals surface area contributed by atoms with Gasteiger partial charge < -0.3 is 4.52 Å². The van der Waals surface area contributed by atoms with Crippen molar-refractivity contribution in [3.63, 3.8) is 0 Å². The third-order valence-electron chi connectivity index (χ3n) is 3.94. The molecule has 0 saturated carbocycles. The van der Waals surface area contributed by atoms with Crippen LogP contribution in [0, 0.1) is 0 Å². The standard InChI is InChI=1S/C16H14N4O3S/c21-24(22,14-7-4-8-17-9-14)20-10-13(11-20)16-18-15(19-23-16)12-5-2-1-3-6-12/h1-9,13H,10-11H2. The third-order valence-corrected chi connectivity index (χ3v) is 5.76. The molecule has 122 valence electrons. The highest BCUT2D eigenvalue weighted by Gasteiger charge is 2.40. The smallest absolute Gasteiger partial charge is 0.244 e. The Morgan fingerprint density at radius 3 is 2.58 bits per heavy atom. The average Bonchev–Trinajstić information content (AvgIpc) is 3.04. The van der Waals surface area contributed by atoms with Gasteiger partial charge in [-0.25, -0.2) is 8.42 Å². The van der Waals surface area contributed by atoms with Crippen LogP contribution in [0.15, 0.2) is 64.3 Å². The summed E-state index contributed by atoms with van der Waals surface area (Å²) >= 11 is 0. The predicted molar refractivity (Wildman–Crippen MR) is 85.5 cm³/mol. The summed E-state index contributed by atoms with van der Waals surface area (Å²) in [5.74, 6) is 0.895. The van der Waals surface area contributed by atoms with Gasteiger partial charge in [-0.1, -0.05) is 35.5 Å². The molecule has 0 spiro atoms.